The number of nitrogens with zero attached hydrogens (tertiary/aromatic N) is 5. The summed E-state index contributed by atoms with van der Waals surface area (Å²) in [5.41, 5.74) is 4.08. The van der Waals surface area contributed by atoms with Crippen LogP contribution in [0.5, 0.6) is 11.5 Å². The largest absolute Gasteiger partial charge is 0.485 e. The van der Waals surface area contributed by atoms with Gasteiger partial charge in [-0.1, -0.05) is 41.2 Å². The molecule has 2 aromatic carbocycles. The second-order valence-corrected chi connectivity index (χ2v) is 9.99. The average molecular weight is 490 g/mol. The number of fused-ring (bicyclic) bond motifs is 2. The Morgan fingerprint density at radius 2 is 1.80 bits per heavy atom. The summed E-state index contributed by atoms with van der Waals surface area (Å²) in [6.45, 7) is 7.24. The molecule has 35 heavy (non-hydrogen) atoms. The second kappa shape index (κ2) is 8.88. The van der Waals surface area contributed by atoms with Crippen molar-refractivity contribution in [2.75, 3.05) is 37.7 Å². The molecule has 1 amide bonds. The van der Waals surface area contributed by atoms with Gasteiger partial charge < -0.3 is 19.3 Å². The number of amides is 1. The molecule has 2 aromatic heterocycles. The van der Waals surface area contributed by atoms with Crippen LogP contribution in [0.4, 0.5) is 5.13 Å². The first-order valence-corrected chi connectivity index (χ1v) is 12.7. The van der Waals surface area contributed by atoms with E-state index in [-0.39, 0.29) is 12.5 Å². The lowest BCUT2D eigenvalue weighted by Crippen LogP contribution is -2.47. The molecule has 1 fully saturated rings. The van der Waals surface area contributed by atoms with E-state index in [1.165, 1.54) is 5.56 Å². The topological polar surface area (TPSA) is 72.7 Å². The number of aromatic nitrogens is 3. The van der Waals surface area contributed by atoms with Crippen LogP contribution in [-0.2, 0) is 4.79 Å². The van der Waals surface area contributed by atoms with Crippen molar-refractivity contribution < 1.29 is 14.3 Å². The molecule has 0 bridgehead atoms. The van der Waals surface area contributed by atoms with Crippen LogP contribution < -0.4 is 14.4 Å². The molecule has 9 heteroatoms. The van der Waals surface area contributed by atoms with E-state index in [1.807, 2.05) is 40.8 Å². The molecule has 0 unspecified atom stereocenters. The maximum Gasteiger partial charge on any atom is 0.267 e. The van der Waals surface area contributed by atoms with Crippen molar-refractivity contribution in [2.45, 2.75) is 26.4 Å². The van der Waals surface area contributed by atoms with Crippen LogP contribution in [0.3, 0.4) is 0 Å². The Morgan fingerprint density at radius 1 is 1.00 bits per heavy atom. The standard InChI is InChI=1S/C26H27N5O3S/c1-17-8-10-19(11-9-17)31-24-23(18(2)28-31)35-26(27-24)30-13-5-12-29(14-15-30)25(32)22-16-33-20-6-3-4-7-21(20)34-22/h3-4,6-11,22H,5,12-16H2,1-2H3/t22-/m1/s1. The minimum absolute atomic E-state index is 0.0171. The molecule has 0 saturated carbocycles. The summed E-state index contributed by atoms with van der Waals surface area (Å²) < 4.78 is 14.7. The molecule has 4 heterocycles. The molecule has 2 aliphatic heterocycles. The lowest BCUT2D eigenvalue weighted by molar-refractivity contribution is -0.141. The summed E-state index contributed by atoms with van der Waals surface area (Å²) in [7, 11) is 0. The van der Waals surface area contributed by atoms with E-state index in [2.05, 4.69) is 36.1 Å². The summed E-state index contributed by atoms with van der Waals surface area (Å²) in [4.78, 5) is 22.4. The number of carbonyl (C=O) groups excluding carboxylic acids is 1. The summed E-state index contributed by atoms with van der Waals surface area (Å²) in [5, 5.41) is 5.70. The quantitative estimate of drug-likeness (QED) is 0.434. The van der Waals surface area contributed by atoms with Gasteiger partial charge in [0, 0.05) is 26.2 Å². The van der Waals surface area contributed by atoms with Gasteiger partial charge in [-0.2, -0.15) is 10.1 Å². The SMILES string of the molecule is Cc1ccc(-n2nc(C)c3sc(N4CCCN(C(=O)[C@H]5COc6ccccc6O5)CC4)nc32)cc1. The zero-order valence-corrected chi connectivity index (χ0v) is 20.6. The molecular formula is C26H27N5O3S. The zero-order valence-electron chi connectivity index (χ0n) is 19.8. The Bertz CT molecular complexity index is 1380. The van der Waals surface area contributed by atoms with Crippen LogP contribution in [0.15, 0.2) is 48.5 Å². The minimum atomic E-state index is -0.609. The number of benzene rings is 2. The Kier molecular flexibility index (Phi) is 5.56. The highest BCUT2D eigenvalue weighted by atomic mass is 32.1. The Morgan fingerprint density at radius 3 is 2.63 bits per heavy atom. The maximum absolute atomic E-state index is 13.2. The molecule has 1 saturated heterocycles. The first-order chi connectivity index (χ1) is 17.1. The third-order valence-corrected chi connectivity index (χ3v) is 7.73. The average Bonchev–Trinajstić information content (AvgIpc) is 3.34. The molecule has 8 nitrogen and oxygen atoms in total. The van der Waals surface area contributed by atoms with Crippen LogP contribution in [-0.4, -0.2) is 64.5 Å². The van der Waals surface area contributed by atoms with Gasteiger partial charge in [0.25, 0.3) is 5.91 Å². The Balaban J connectivity index is 1.18. The summed E-state index contributed by atoms with van der Waals surface area (Å²) in [6.07, 6.45) is 0.261. The van der Waals surface area contributed by atoms with Crippen molar-refractivity contribution in [3.8, 4) is 17.2 Å². The smallest absolute Gasteiger partial charge is 0.267 e. The fraction of sp³-hybridized carbons (Fsp3) is 0.346. The number of anilines is 1. The molecule has 1 atom stereocenters. The van der Waals surface area contributed by atoms with E-state index < -0.39 is 6.10 Å². The molecule has 0 radical (unpaired) electrons. The lowest BCUT2D eigenvalue weighted by Gasteiger charge is -2.30. The van der Waals surface area contributed by atoms with Crippen LogP contribution >= 0.6 is 11.3 Å². The first-order valence-electron chi connectivity index (χ1n) is 11.9. The summed E-state index contributed by atoms with van der Waals surface area (Å²) in [6, 6.07) is 15.8. The van der Waals surface area contributed by atoms with Crippen molar-refractivity contribution in [1.29, 1.82) is 0 Å². The lowest BCUT2D eigenvalue weighted by atomic mass is 10.2. The maximum atomic E-state index is 13.2. The van der Waals surface area contributed by atoms with E-state index in [9.17, 15) is 4.79 Å². The van der Waals surface area contributed by atoms with Crippen molar-refractivity contribution >= 4 is 32.7 Å². The van der Waals surface area contributed by atoms with E-state index >= 15 is 0 Å². The van der Waals surface area contributed by atoms with Crippen molar-refractivity contribution in [1.82, 2.24) is 19.7 Å². The molecule has 6 rings (SSSR count). The highest BCUT2D eigenvalue weighted by Gasteiger charge is 2.32. The van der Waals surface area contributed by atoms with E-state index in [1.54, 1.807) is 11.3 Å². The third kappa shape index (κ3) is 4.10. The van der Waals surface area contributed by atoms with Gasteiger partial charge in [-0.25, -0.2) is 4.68 Å². The first kappa shape index (κ1) is 21.9. The van der Waals surface area contributed by atoms with Gasteiger partial charge in [0.15, 0.2) is 22.3 Å². The molecule has 2 aliphatic rings. The van der Waals surface area contributed by atoms with Crippen molar-refractivity contribution in [3.63, 3.8) is 0 Å². The van der Waals surface area contributed by atoms with Gasteiger partial charge in [-0.3, -0.25) is 4.79 Å². The number of hydrogen-bond acceptors (Lipinski definition) is 7. The highest BCUT2D eigenvalue weighted by molar-refractivity contribution is 7.22. The monoisotopic (exact) mass is 489 g/mol. The third-order valence-electron chi connectivity index (χ3n) is 6.52. The molecule has 0 aliphatic carbocycles. The summed E-state index contributed by atoms with van der Waals surface area (Å²) in [5.74, 6) is 1.30. The van der Waals surface area contributed by atoms with Gasteiger partial charge in [-0.05, 0) is 44.5 Å². The minimum Gasteiger partial charge on any atom is -0.485 e. The van der Waals surface area contributed by atoms with E-state index in [0.717, 1.165) is 46.4 Å². The Hall–Kier alpha value is -3.59. The highest BCUT2D eigenvalue weighted by Crippen LogP contribution is 2.34. The van der Waals surface area contributed by atoms with Crippen LogP contribution in [0, 0.1) is 13.8 Å². The fourth-order valence-corrected chi connectivity index (χ4v) is 5.64. The molecule has 4 aromatic rings. The molecule has 180 valence electrons. The fourth-order valence-electron chi connectivity index (χ4n) is 4.60. The number of ether oxygens (including phenoxy) is 2. The predicted molar refractivity (Wildman–Crippen MR) is 136 cm³/mol. The number of rotatable bonds is 3. The number of aryl methyl sites for hydroxylation is 2. The second-order valence-electron chi connectivity index (χ2n) is 9.01. The van der Waals surface area contributed by atoms with Gasteiger partial charge >= 0.3 is 0 Å². The van der Waals surface area contributed by atoms with Crippen molar-refractivity contribution in [3.05, 3.63) is 59.8 Å². The van der Waals surface area contributed by atoms with Gasteiger partial charge in [0.2, 0.25) is 6.10 Å². The number of hydrogen-bond donors (Lipinski definition) is 0. The molecule has 0 N–H and O–H groups in total. The number of thiazole rings is 1. The normalized spacial score (nSPS) is 18.1. The number of carbonyl (C=O) groups is 1. The van der Waals surface area contributed by atoms with Gasteiger partial charge in [-0.15, -0.1) is 0 Å². The molecular weight excluding hydrogens is 462 g/mol. The van der Waals surface area contributed by atoms with Crippen molar-refractivity contribution in [2.24, 2.45) is 0 Å². The van der Waals surface area contributed by atoms with Gasteiger partial charge in [0.1, 0.15) is 6.61 Å². The summed E-state index contributed by atoms with van der Waals surface area (Å²) >= 11 is 1.67. The Labute approximate surface area is 207 Å². The van der Waals surface area contributed by atoms with Gasteiger partial charge in [0.05, 0.1) is 16.1 Å². The van der Waals surface area contributed by atoms with Crippen LogP contribution in [0.25, 0.3) is 16.0 Å². The zero-order chi connectivity index (χ0) is 23.9. The van der Waals surface area contributed by atoms with E-state index in [4.69, 9.17) is 19.6 Å². The van der Waals surface area contributed by atoms with E-state index in [0.29, 0.717) is 24.6 Å². The number of para-hydroxylation sites is 2. The van der Waals surface area contributed by atoms with Crippen LogP contribution in [0.2, 0.25) is 0 Å². The predicted octanol–water partition coefficient (Wildman–Crippen LogP) is 3.98. The van der Waals surface area contributed by atoms with Crippen LogP contribution in [0.1, 0.15) is 17.7 Å². The molecule has 0 spiro atoms.